The molecule has 0 aliphatic rings. The third-order valence-corrected chi connectivity index (χ3v) is 4.96. The lowest BCUT2D eigenvalue weighted by Crippen LogP contribution is -2.06. The topological polar surface area (TPSA) is 72.2 Å². The van der Waals surface area contributed by atoms with Crippen LogP contribution in [0.25, 0.3) is 0 Å². The first kappa shape index (κ1) is 14.6. The summed E-state index contributed by atoms with van der Waals surface area (Å²) < 4.78 is 24.9. The lowest BCUT2D eigenvalue weighted by Gasteiger charge is -2.09. The van der Waals surface area contributed by atoms with Gasteiger partial charge in [0, 0.05) is 18.8 Å². The van der Waals surface area contributed by atoms with Gasteiger partial charge in [0.1, 0.15) is 0 Å². The van der Waals surface area contributed by atoms with E-state index in [-0.39, 0.29) is 15.8 Å². The predicted molar refractivity (Wildman–Crippen MR) is 80.5 cm³/mol. The van der Waals surface area contributed by atoms with E-state index in [0.717, 1.165) is 11.3 Å². The van der Waals surface area contributed by atoms with Crippen molar-refractivity contribution in [3.05, 3.63) is 54.1 Å². The fourth-order valence-corrected chi connectivity index (χ4v) is 3.15. The van der Waals surface area contributed by atoms with E-state index in [9.17, 15) is 8.42 Å². The summed E-state index contributed by atoms with van der Waals surface area (Å²) in [5.41, 5.74) is 7.54. The maximum atomic E-state index is 12.5. The molecule has 0 fully saturated rings. The molecular formula is C15H18N2O2S. The van der Waals surface area contributed by atoms with Crippen molar-refractivity contribution in [1.29, 1.82) is 0 Å². The number of hydrogen-bond acceptors (Lipinski definition) is 4. The number of hydrogen-bond donors (Lipinski definition) is 2. The lowest BCUT2D eigenvalue weighted by molar-refractivity contribution is 0.596. The maximum absolute atomic E-state index is 12.5. The van der Waals surface area contributed by atoms with Gasteiger partial charge in [-0.15, -0.1) is 0 Å². The van der Waals surface area contributed by atoms with Gasteiger partial charge in [-0.25, -0.2) is 8.42 Å². The minimum Gasteiger partial charge on any atom is -0.388 e. The van der Waals surface area contributed by atoms with Crippen LogP contribution >= 0.6 is 0 Å². The highest BCUT2D eigenvalue weighted by molar-refractivity contribution is 7.91. The summed E-state index contributed by atoms with van der Waals surface area (Å²) in [6.45, 7) is 1.86. The number of sulfone groups is 1. The van der Waals surface area contributed by atoms with Gasteiger partial charge in [0.2, 0.25) is 9.84 Å². The van der Waals surface area contributed by atoms with E-state index in [1.807, 2.05) is 6.92 Å². The van der Waals surface area contributed by atoms with Gasteiger partial charge in [-0.2, -0.15) is 0 Å². The largest absolute Gasteiger partial charge is 0.388 e. The van der Waals surface area contributed by atoms with Gasteiger partial charge in [-0.05, 0) is 48.9 Å². The third kappa shape index (κ3) is 2.84. The molecule has 0 spiro atoms. The zero-order chi connectivity index (χ0) is 14.8. The normalized spacial score (nSPS) is 12.9. The molecule has 0 bridgehead atoms. The van der Waals surface area contributed by atoms with Crippen molar-refractivity contribution < 1.29 is 8.42 Å². The molecule has 0 aliphatic carbocycles. The van der Waals surface area contributed by atoms with Crippen LogP contribution in [-0.4, -0.2) is 15.5 Å². The molecule has 0 aromatic heterocycles. The molecule has 4 nitrogen and oxygen atoms in total. The molecule has 106 valence electrons. The number of rotatable bonds is 4. The Morgan fingerprint density at radius 2 is 1.40 bits per heavy atom. The predicted octanol–water partition coefficient (Wildman–Crippen LogP) is 2.58. The Labute approximate surface area is 119 Å². The van der Waals surface area contributed by atoms with Crippen LogP contribution in [0.5, 0.6) is 0 Å². The summed E-state index contributed by atoms with van der Waals surface area (Å²) in [7, 11) is -1.69. The van der Waals surface area contributed by atoms with Crippen LogP contribution in [0.1, 0.15) is 18.5 Å². The number of anilines is 1. The monoisotopic (exact) mass is 290 g/mol. The minimum atomic E-state index is -3.48. The van der Waals surface area contributed by atoms with E-state index in [0.29, 0.717) is 0 Å². The molecule has 2 aromatic carbocycles. The molecule has 1 atom stereocenters. The molecule has 0 radical (unpaired) electrons. The van der Waals surface area contributed by atoms with E-state index in [2.05, 4.69) is 5.32 Å². The summed E-state index contributed by atoms with van der Waals surface area (Å²) in [5, 5.41) is 2.96. The van der Waals surface area contributed by atoms with Crippen molar-refractivity contribution in [2.24, 2.45) is 5.73 Å². The second kappa shape index (κ2) is 5.64. The lowest BCUT2D eigenvalue weighted by atomic mass is 10.1. The Balaban J connectivity index is 2.38. The Bertz CT molecular complexity index is 675. The molecule has 0 saturated heterocycles. The highest BCUT2D eigenvalue weighted by atomic mass is 32.2. The van der Waals surface area contributed by atoms with Crippen molar-refractivity contribution in [2.45, 2.75) is 22.8 Å². The first-order valence-corrected chi connectivity index (χ1v) is 7.82. The molecule has 2 rings (SSSR count). The quantitative estimate of drug-likeness (QED) is 0.908. The first-order valence-electron chi connectivity index (χ1n) is 6.33. The Hall–Kier alpha value is -1.85. The number of nitrogens with one attached hydrogen (secondary N) is 1. The van der Waals surface area contributed by atoms with E-state index in [1.54, 1.807) is 55.6 Å². The smallest absolute Gasteiger partial charge is 0.206 e. The van der Waals surface area contributed by atoms with E-state index >= 15 is 0 Å². The van der Waals surface area contributed by atoms with Crippen molar-refractivity contribution >= 4 is 15.5 Å². The highest BCUT2D eigenvalue weighted by Gasteiger charge is 2.17. The zero-order valence-electron chi connectivity index (χ0n) is 11.5. The summed E-state index contributed by atoms with van der Waals surface area (Å²) in [6, 6.07) is 13.3. The van der Waals surface area contributed by atoms with Gasteiger partial charge >= 0.3 is 0 Å². The molecule has 0 heterocycles. The molecule has 5 heteroatoms. The molecule has 0 unspecified atom stereocenters. The van der Waals surface area contributed by atoms with Gasteiger partial charge in [0.25, 0.3) is 0 Å². The van der Waals surface area contributed by atoms with E-state index in [4.69, 9.17) is 5.73 Å². The van der Waals surface area contributed by atoms with Crippen molar-refractivity contribution in [3.8, 4) is 0 Å². The van der Waals surface area contributed by atoms with Crippen LogP contribution in [0.3, 0.4) is 0 Å². The summed E-state index contributed by atoms with van der Waals surface area (Å²) >= 11 is 0. The van der Waals surface area contributed by atoms with Gasteiger partial charge in [-0.3, -0.25) is 0 Å². The van der Waals surface area contributed by atoms with Crippen LogP contribution < -0.4 is 11.1 Å². The molecule has 20 heavy (non-hydrogen) atoms. The third-order valence-electron chi connectivity index (χ3n) is 3.17. The molecule has 0 saturated carbocycles. The SMILES string of the molecule is CNc1ccc(S(=O)(=O)c2ccc([C@@H](C)N)cc2)cc1. The van der Waals surface area contributed by atoms with Gasteiger partial charge in [0.15, 0.2) is 0 Å². The fourth-order valence-electron chi connectivity index (χ4n) is 1.89. The summed E-state index contributed by atoms with van der Waals surface area (Å²) in [6.07, 6.45) is 0. The molecule has 0 aliphatic heterocycles. The Morgan fingerprint density at radius 1 is 0.950 bits per heavy atom. The average Bonchev–Trinajstić information content (AvgIpc) is 2.47. The molecular weight excluding hydrogens is 272 g/mol. The van der Waals surface area contributed by atoms with Crippen LogP contribution in [0, 0.1) is 0 Å². The number of nitrogens with two attached hydrogens (primary N) is 1. The van der Waals surface area contributed by atoms with Crippen molar-refractivity contribution in [3.63, 3.8) is 0 Å². The maximum Gasteiger partial charge on any atom is 0.206 e. The van der Waals surface area contributed by atoms with Crippen LogP contribution in [-0.2, 0) is 9.84 Å². The molecule has 3 N–H and O–H groups in total. The first-order chi connectivity index (χ1) is 9.45. The minimum absolute atomic E-state index is 0.110. The zero-order valence-corrected chi connectivity index (χ0v) is 12.3. The van der Waals surface area contributed by atoms with Crippen molar-refractivity contribution in [1.82, 2.24) is 0 Å². The molecule has 2 aromatic rings. The van der Waals surface area contributed by atoms with Gasteiger partial charge in [-0.1, -0.05) is 12.1 Å². The Kier molecular flexibility index (Phi) is 4.11. The van der Waals surface area contributed by atoms with E-state index < -0.39 is 9.84 Å². The van der Waals surface area contributed by atoms with Crippen molar-refractivity contribution in [2.75, 3.05) is 12.4 Å². The van der Waals surface area contributed by atoms with Crippen LogP contribution in [0.2, 0.25) is 0 Å². The summed E-state index contributed by atoms with van der Waals surface area (Å²) in [4.78, 5) is 0.559. The fraction of sp³-hybridized carbons (Fsp3) is 0.200. The molecule has 0 amide bonds. The highest BCUT2D eigenvalue weighted by Crippen LogP contribution is 2.23. The van der Waals surface area contributed by atoms with Crippen LogP contribution in [0.15, 0.2) is 58.3 Å². The number of benzene rings is 2. The second-order valence-corrected chi connectivity index (χ2v) is 6.59. The summed E-state index contributed by atoms with van der Waals surface area (Å²) in [5.74, 6) is 0. The Morgan fingerprint density at radius 3 is 1.80 bits per heavy atom. The van der Waals surface area contributed by atoms with E-state index in [1.165, 1.54) is 0 Å². The van der Waals surface area contributed by atoms with Gasteiger partial charge < -0.3 is 11.1 Å². The van der Waals surface area contributed by atoms with Gasteiger partial charge in [0.05, 0.1) is 9.79 Å². The van der Waals surface area contributed by atoms with Crippen LogP contribution in [0.4, 0.5) is 5.69 Å². The standard InChI is InChI=1S/C15H18N2O2S/c1-11(16)12-3-7-14(8-4-12)20(18,19)15-9-5-13(17-2)6-10-15/h3-11,17H,16H2,1-2H3/t11-/m1/s1. The second-order valence-electron chi connectivity index (χ2n) is 4.64. The average molecular weight is 290 g/mol.